The first-order valence-corrected chi connectivity index (χ1v) is 11.0. The molecule has 0 amide bonds. The fourth-order valence-electron chi connectivity index (χ4n) is 4.21. The van der Waals surface area contributed by atoms with Crippen LogP contribution in [-0.4, -0.2) is 46.9 Å². The lowest BCUT2D eigenvalue weighted by Gasteiger charge is -2.07. The summed E-state index contributed by atoms with van der Waals surface area (Å²) in [5.41, 5.74) is 3.49. The molecule has 11 heteroatoms. The molecule has 36 heavy (non-hydrogen) atoms. The molecule has 6 rings (SSSR count). The molecule has 6 aromatic rings. The van der Waals surface area contributed by atoms with Gasteiger partial charge in [-0.3, -0.25) is 18.7 Å². The van der Waals surface area contributed by atoms with Gasteiger partial charge in [0.1, 0.15) is 23.8 Å². The maximum Gasteiger partial charge on any atom is 0.218 e. The van der Waals surface area contributed by atoms with Gasteiger partial charge >= 0.3 is 0 Å². The molecule has 0 bridgehead atoms. The van der Waals surface area contributed by atoms with Crippen LogP contribution < -0.4 is 10.8 Å². The van der Waals surface area contributed by atoms with E-state index < -0.39 is 0 Å². The van der Waals surface area contributed by atoms with Crippen LogP contribution >= 0.6 is 0 Å². The highest BCUT2D eigenvalue weighted by atomic mass is 16.1. The molecule has 0 aromatic carbocycles. The zero-order valence-corrected chi connectivity index (χ0v) is 18.7. The van der Waals surface area contributed by atoms with Crippen molar-refractivity contribution in [1.29, 1.82) is 0 Å². The van der Waals surface area contributed by atoms with Crippen molar-refractivity contribution in [2.45, 2.75) is 0 Å². The van der Waals surface area contributed by atoms with Gasteiger partial charge in [0.15, 0.2) is 5.49 Å². The van der Waals surface area contributed by atoms with Crippen molar-refractivity contribution in [2.75, 3.05) is 5.32 Å². The molecule has 0 spiro atoms. The third-order valence-corrected chi connectivity index (χ3v) is 5.88. The standard InChI is InChI=1S/C25H19N9O2/c35-14-33-9-1-3-20(33)16-5-7-27-22(16)31-24-18-11-26-12-19(18)25(30-13-29-24)32-23-17(6-8-28-23)21-4-2-10-34(21)15-36/h1-15,26-28H,(H,29,30,31,32). The summed E-state index contributed by atoms with van der Waals surface area (Å²) in [5, 5.41) is 4.84. The summed E-state index contributed by atoms with van der Waals surface area (Å²) in [5.74, 6) is 1.79. The van der Waals surface area contributed by atoms with Crippen molar-refractivity contribution in [3.8, 4) is 22.5 Å². The zero-order valence-electron chi connectivity index (χ0n) is 18.7. The van der Waals surface area contributed by atoms with Crippen LogP contribution in [0.15, 0.2) is 84.9 Å². The van der Waals surface area contributed by atoms with Crippen LogP contribution in [0.25, 0.3) is 33.3 Å². The average Bonchev–Trinajstić information content (AvgIpc) is 3.71. The van der Waals surface area contributed by atoms with Gasteiger partial charge in [-0.2, -0.15) is 0 Å². The fourth-order valence-corrected chi connectivity index (χ4v) is 4.21. The first-order valence-electron chi connectivity index (χ1n) is 11.0. The minimum absolute atomic E-state index is 0.446. The molecule has 11 nitrogen and oxygen atoms in total. The van der Waals surface area contributed by atoms with Gasteiger partial charge in [-0.15, -0.1) is 0 Å². The molecule has 0 saturated heterocycles. The number of nitrogens with one attached hydrogen (secondary N) is 4. The van der Waals surface area contributed by atoms with E-state index in [1.165, 1.54) is 15.5 Å². The first kappa shape index (κ1) is 21.1. The minimum Gasteiger partial charge on any atom is -0.366 e. The van der Waals surface area contributed by atoms with Crippen molar-refractivity contribution in [3.63, 3.8) is 0 Å². The number of fused-ring (bicyclic) bond motifs is 1. The van der Waals surface area contributed by atoms with E-state index in [1.54, 1.807) is 37.1 Å². The predicted molar refractivity (Wildman–Crippen MR) is 135 cm³/mol. The van der Waals surface area contributed by atoms with Crippen molar-refractivity contribution < 1.29 is 9.59 Å². The van der Waals surface area contributed by atoms with Gasteiger partial charge in [0.2, 0.25) is 12.8 Å². The Hall–Kier alpha value is -5.45. The molecule has 0 atom stereocenters. The fraction of sp³-hybridized carbons (Fsp3) is 0. The summed E-state index contributed by atoms with van der Waals surface area (Å²) >= 11 is 0. The molecule has 6 aromatic heterocycles. The number of carbonyl (C=O) groups excluding carboxylic acids is 2. The van der Waals surface area contributed by atoms with Gasteiger partial charge in [-0.25, -0.2) is 15.0 Å². The second-order valence-electron chi connectivity index (χ2n) is 7.88. The summed E-state index contributed by atoms with van der Waals surface area (Å²) in [7, 11) is 0. The second-order valence-corrected chi connectivity index (χ2v) is 7.88. The van der Waals surface area contributed by atoms with Crippen molar-refractivity contribution in [3.05, 3.63) is 85.4 Å². The Bertz CT molecular complexity index is 1780. The predicted octanol–water partition coefficient (Wildman–Crippen LogP) is 3.60. The van der Waals surface area contributed by atoms with E-state index in [0.717, 1.165) is 46.1 Å². The number of anilines is 2. The zero-order chi connectivity index (χ0) is 24.5. The number of aromatic nitrogens is 7. The molecule has 0 fully saturated rings. The Morgan fingerprint density at radius 3 is 2.31 bits per heavy atom. The third kappa shape index (κ3) is 3.51. The van der Waals surface area contributed by atoms with Gasteiger partial charge in [0.25, 0.3) is 0 Å². The van der Waals surface area contributed by atoms with Gasteiger partial charge in [0, 0.05) is 59.1 Å². The molecule has 0 aliphatic rings. The van der Waals surface area contributed by atoms with Gasteiger partial charge in [-0.1, -0.05) is 0 Å². The second kappa shape index (κ2) is 8.72. The smallest absolute Gasteiger partial charge is 0.218 e. The highest BCUT2D eigenvalue weighted by molar-refractivity contribution is 5.93. The number of hydrogen-bond donors (Lipinski definition) is 4. The molecule has 0 unspecified atom stereocenters. The van der Waals surface area contributed by atoms with Gasteiger partial charge in [-0.05, 0) is 36.4 Å². The van der Waals surface area contributed by atoms with Crippen LogP contribution in [0.5, 0.6) is 0 Å². The maximum atomic E-state index is 11.4. The summed E-state index contributed by atoms with van der Waals surface area (Å²) < 4.78 is 3.00. The molecule has 4 N–H and O–H groups in total. The van der Waals surface area contributed by atoms with Gasteiger partial charge in [0.05, 0.1) is 11.4 Å². The molecule has 0 radical (unpaired) electrons. The number of rotatable bonds is 7. The summed E-state index contributed by atoms with van der Waals surface area (Å²) in [6.45, 7) is 0. The Morgan fingerprint density at radius 1 is 0.833 bits per heavy atom. The van der Waals surface area contributed by atoms with Crippen molar-refractivity contribution >= 4 is 41.0 Å². The minimum atomic E-state index is 0.446. The molecule has 0 aliphatic heterocycles. The maximum absolute atomic E-state index is 11.4. The van der Waals surface area contributed by atoms with Crippen molar-refractivity contribution in [1.82, 2.24) is 34.1 Å². The van der Waals surface area contributed by atoms with Crippen LogP contribution in [0, 0.1) is 0 Å². The van der Waals surface area contributed by atoms with E-state index in [2.05, 4.69) is 30.2 Å². The number of hydrogen-bond acceptors (Lipinski definition) is 6. The van der Waals surface area contributed by atoms with Crippen LogP contribution in [0.2, 0.25) is 0 Å². The molecule has 0 saturated carbocycles. The number of H-pyrrole nitrogens is 3. The summed E-state index contributed by atoms with van der Waals surface area (Å²) in [6.07, 6.45) is 13.5. The first-order chi connectivity index (χ1) is 17.8. The lowest BCUT2D eigenvalue weighted by atomic mass is 10.2. The number of nitrogens with zero attached hydrogens (tertiary/aromatic N) is 5. The lowest BCUT2D eigenvalue weighted by Crippen LogP contribution is -2.04. The Morgan fingerprint density at radius 2 is 1.53 bits per heavy atom. The number of carbonyl (C=O) groups is 2. The molecular weight excluding hydrogens is 458 g/mol. The van der Waals surface area contributed by atoms with Gasteiger partial charge < -0.3 is 20.3 Å². The van der Waals surface area contributed by atoms with Crippen LogP contribution in [0.3, 0.4) is 0 Å². The average molecular weight is 477 g/mol. The highest BCUT2D eigenvalue weighted by Crippen LogP contribution is 2.31. The van der Waals surface area contributed by atoms with E-state index in [-0.39, 0.29) is 0 Å². The van der Waals surface area contributed by atoms with Crippen LogP contribution in [0.1, 0.15) is 0 Å². The van der Waals surface area contributed by atoms with E-state index >= 15 is 0 Å². The van der Waals surface area contributed by atoms with Crippen LogP contribution in [0.4, 0.5) is 17.5 Å². The van der Waals surface area contributed by atoms with Crippen molar-refractivity contribution in [2.24, 2.45) is 4.99 Å². The quantitative estimate of drug-likeness (QED) is 0.260. The lowest BCUT2D eigenvalue weighted by molar-refractivity contribution is 0.547. The molecular formula is C25H19N9O2. The Kier molecular flexibility index (Phi) is 5.11. The molecule has 176 valence electrons. The normalized spacial score (nSPS) is 11.7. The Labute approximate surface area is 203 Å². The largest absolute Gasteiger partial charge is 0.366 e. The van der Waals surface area contributed by atoms with E-state index in [1.807, 2.05) is 36.5 Å². The topological polar surface area (TPSA) is 142 Å². The SMILES string of the molecule is O=Cn1cccc1-c1cc[nH]c1/N=c1\ncnc(Nc2[nH]ccc2-c2cccn2C=O)c2c[nH]cc12. The Balaban J connectivity index is 1.44. The third-order valence-electron chi connectivity index (χ3n) is 5.88. The highest BCUT2D eigenvalue weighted by Gasteiger charge is 2.14. The summed E-state index contributed by atoms with van der Waals surface area (Å²) in [6, 6.07) is 11.1. The van der Waals surface area contributed by atoms with E-state index in [4.69, 9.17) is 4.99 Å². The monoisotopic (exact) mass is 477 g/mol. The van der Waals surface area contributed by atoms with E-state index in [0.29, 0.717) is 22.9 Å². The molecule has 0 aliphatic carbocycles. The number of aromatic amines is 3. The van der Waals surface area contributed by atoms with E-state index in [9.17, 15) is 9.59 Å². The molecule has 6 heterocycles. The van der Waals surface area contributed by atoms with Crippen LogP contribution in [-0.2, 0) is 9.59 Å². The summed E-state index contributed by atoms with van der Waals surface area (Å²) in [4.78, 5) is 46.0.